The van der Waals surface area contributed by atoms with Gasteiger partial charge in [0.05, 0.1) is 5.56 Å². The molecule has 1 unspecified atom stereocenters. The molecule has 1 aliphatic rings. The molecule has 1 heterocycles. The lowest BCUT2D eigenvalue weighted by atomic mass is 9.97. The van der Waals surface area contributed by atoms with Crippen molar-refractivity contribution in [3.63, 3.8) is 0 Å². The maximum Gasteiger partial charge on any atom is 0.335 e. The van der Waals surface area contributed by atoms with E-state index in [-0.39, 0.29) is 0 Å². The number of rotatable bonds is 4. The Bertz CT molecular complexity index is 459. The number of hydrogen-bond donors (Lipinski definition) is 1. The number of anilines is 1. The molecule has 0 spiro atoms. The molecule has 0 aliphatic carbocycles. The van der Waals surface area contributed by atoms with Crippen molar-refractivity contribution in [1.82, 2.24) is 0 Å². The summed E-state index contributed by atoms with van der Waals surface area (Å²) in [5, 5.41) is 9.16. The Morgan fingerprint density at radius 3 is 2.89 bits per heavy atom. The van der Waals surface area contributed by atoms with Crippen molar-refractivity contribution in [2.75, 3.05) is 11.4 Å². The molecule has 3 nitrogen and oxygen atoms in total. The predicted molar refractivity (Wildman–Crippen MR) is 81.0 cm³/mol. The van der Waals surface area contributed by atoms with E-state index in [0.29, 0.717) is 11.6 Å². The number of piperidine rings is 1. The molecule has 2 rings (SSSR count). The third-order valence-corrected chi connectivity index (χ3v) is 4.17. The van der Waals surface area contributed by atoms with Crippen molar-refractivity contribution in [2.45, 2.75) is 45.1 Å². The molecule has 1 saturated heterocycles. The molecule has 1 fully saturated rings. The van der Waals surface area contributed by atoms with E-state index in [1.54, 1.807) is 12.1 Å². The van der Waals surface area contributed by atoms with Crippen LogP contribution in [0.3, 0.4) is 0 Å². The fraction of sp³-hybridized carbons (Fsp3) is 0.533. The summed E-state index contributed by atoms with van der Waals surface area (Å²) in [5.41, 5.74) is 1.38. The van der Waals surface area contributed by atoms with Gasteiger partial charge in [0.25, 0.3) is 0 Å². The Morgan fingerprint density at radius 2 is 2.21 bits per heavy atom. The number of hydrogen-bond acceptors (Lipinski definition) is 2. The van der Waals surface area contributed by atoms with Crippen LogP contribution in [-0.4, -0.2) is 23.7 Å². The minimum absolute atomic E-state index is 0.352. The van der Waals surface area contributed by atoms with Crippen molar-refractivity contribution in [3.05, 3.63) is 28.2 Å². The number of aromatic carboxylic acids is 1. The zero-order valence-electron chi connectivity index (χ0n) is 11.2. The molecule has 0 aromatic heterocycles. The quantitative estimate of drug-likeness (QED) is 0.896. The van der Waals surface area contributed by atoms with Gasteiger partial charge in [-0.1, -0.05) is 29.3 Å². The Balaban J connectivity index is 2.30. The van der Waals surface area contributed by atoms with Gasteiger partial charge in [0.2, 0.25) is 0 Å². The van der Waals surface area contributed by atoms with Crippen molar-refractivity contribution >= 4 is 27.6 Å². The molecule has 104 valence electrons. The van der Waals surface area contributed by atoms with Crippen LogP contribution in [0.4, 0.5) is 5.69 Å². The normalized spacial score (nSPS) is 19.5. The third kappa shape index (κ3) is 3.50. The van der Waals surface area contributed by atoms with Crippen molar-refractivity contribution in [2.24, 2.45) is 0 Å². The van der Waals surface area contributed by atoms with Gasteiger partial charge in [-0.05, 0) is 43.9 Å². The monoisotopic (exact) mass is 325 g/mol. The van der Waals surface area contributed by atoms with Crippen molar-refractivity contribution in [3.8, 4) is 0 Å². The van der Waals surface area contributed by atoms with Crippen LogP contribution >= 0.6 is 15.9 Å². The van der Waals surface area contributed by atoms with Crippen LogP contribution in [0.25, 0.3) is 0 Å². The van der Waals surface area contributed by atoms with Gasteiger partial charge >= 0.3 is 5.97 Å². The van der Waals surface area contributed by atoms with Gasteiger partial charge < -0.3 is 10.0 Å². The first-order valence-corrected chi connectivity index (χ1v) is 7.71. The summed E-state index contributed by atoms with van der Waals surface area (Å²) < 4.78 is 0.836. The highest BCUT2D eigenvalue weighted by atomic mass is 79.9. The highest BCUT2D eigenvalue weighted by Crippen LogP contribution is 2.30. The second-order valence-electron chi connectivity index (χ2n) is 5.13. The standard InChI is InChI=1S/C15H20BrNO2/c1-2-5-13-6-3-4-7-17(13)14-9-11(15(18)19)8-12(16)10-14/h8-10,13H,2-7H2,1H3,(H,18,19). The second-order valence-corrected chi connectivity index (χ2v) is 6.05. The first-order chi connectivity index (χ1) is 9.11. The first kappa shape index (κ1) is 14.4. The molecule has 0 radical (unpaired) electrons. The van der Waals surface area contributed by atoms with E-state index >= 15 is 0 Å². The predicted octanol–water partition coefficient (Wildman–Crippen LogP) is 4.31. The van der Waals surface area contributed by atoms with Crippen LogP contribution < -0.4 is 4.90 Å². The van der Waals surface area contributed by atoms with Crippen LogP contribution in [0.2, 0.25) is 0 Å². The topological polar surface area (TPSA) is 40.5 Å². The average Bonchev–Trinajstić information content (AvgIpc) is 2.39. The molecular formula is C15H20BrNO2. The number of nitrogens with zero attached hydrogens (tertiary/aromatic N) is 1. The van der Waals surface area contributed by atoms with E-state index in [4.69, 9.17) is 5.11 Å². The third-order valence-electron chi connectivity index (χ3n) is 3.71. The van der Waals surface area contributed by atoms with Gasteiger partial charge in [0.15, 0.2) is 0 Å². The molecule has 1 atom stereocenters. The van der Waals surface area contributed by atoms with E-state index in [1.807, 2.05) is 6.07 Å². The molecule has 1 aliphatic heterocycles. The molecule has 1 N–H and O–H groups in total. The number of benzene rings is 1. The zero-order chi connectivity index (χ0) is 13.8. The lowest BCUT2D eigenvalue weighted by Gasteiger charge is -2.38. The van der Waals surface area contributed by atoms with E-state index < -0.39 is 5.97 Å². The van der Waals surface area contributed by atoms with E-state index in [1.165, 1.54) is 32.1 Å². The van der Waals surface area contributed by atoms with Gasteiger partial charge in [0, 0.05) is 22.7 Å². The Morgan fingerprint density at radius 1 is 1.42 bits per heavy atom. The molecule has 0 saturated carbocycles. The average molecular weight is 326 g/mol. The Hall–Kier alpha value is -1.03. The summed E-state index contributed by atoms with van der Waals surface area (Å²) in [4.78, 5) is 13.5. The summed E-state index contributed by atoms with van der Waals surface area (Å²) in [5.74, 6) is -0.869. The van der Waals surface area contributed by atoms with Gasteiger partial charge in [-0.15, -0.1) is 0 Å². The Labute approximate surface area is 122 Å². The summed E-state index contributed by atoms with van der Waals surface area (Å²) in [6.07, 6.45) is 6.02. The lowest BCUT2D eigenvalue weighted by molar-refractivity contribution is 0.0697. The summed E-state index contributed by atoms with van der Waals surface area (Å²) in [6.45, 7) is 3.23. The van der Waals surface area contributed by atoms with E-state index in [9.17, 15) is 4.79 Å². The SMILES string of the molecule is CCCC1CCCCN1c1cc(Br)cc(C(=O)O)c1. The molecule has 1 aromatic carbocycles. The fourth-order valence-corrected chi connectivity index (χ4v) is 3.32. The minimum atomic E-state index is -0.869. The lowest BCUT2D eigenvalue weighted by Crippen LogP contribution is -2.39. The van der Waals surface area contributed by atoms with Crippen LogP contribution in [-0.2, 0) is 0 Å². The second kappa shape index (κ2) is 6.42. The largest absolute Gasteiger partial charge is 0.478 e. The van der Waals surface area contributed by atoms with Crippen LogP contribution in [0.5, 0.6) is 0 Å². The Kier molecular flexibility index (Phi) is 4.86. The summed E-state index contributed by atoms with van der Waals surface area (Å²) in [7, 11) is 0. The molecule has 1 aromatic rings. The van der Waals surface area contributed by atoms with Crippen LogP contribution in [0.15, 0.2) is 22.7 Å². The molecule has 19 heavy (non-hydrogen) atoms. The summed E-state index contributed by atoms with van der Waals surface area (Å²) in [6, 6.07) is 6.03. The van der Waals surface area contributed by atoms with Gasteiger partial charge in [-0.25, -0.2) is 4.79 Å². The maximum atomic E-state index is 11.2. The molecule has 4 heteroatoms. The van der Waals surface area contributed by atoms with Crippen LogP contribution in [0.1, 0.15) is 49.4 Å². The molecular weight excluding hydrogens is 306 g/mol. The van der Waals surface area contributed by atoms with E-state index in [0.717, 1.165) is 16.7 Å². The van der Waals surface area contributed by atoms with Gasteiger partial charge in [0.1, 0.15) is 0 Å². The summed E-state index contributed by atoms with van der Waals surface area (Å²) >= 11 is 3.42. The number of carboxylic acids is 1. The number of halogens is 1. The minimum Gasteiger partial charge on any atom is -0.478 e. The highest BCUT2D eigenvalue weighted by Gasteiger charge is 2.22. The van der Waals surface area contributed by atoms with Crippen molar-refractivity contribution in [1.29, 1.82) is 0 Å². The highest BCUT2D eigenvalue weighted by molar-refractivity contribution is 9.10. The molecule has 0 bridgehead atoms. The van der Waals surface area contributed by atoms with E-state index in [2.05, 4.69) is 27.8 Å². The van der Waals surface area contributed by atoms with Crippen LogP contribution in [0, 0.1) is 0 Å². The van der Waals surface area contributed by atoms with Gasteiger partial charge in [-0.3, -0.25) is 0 Å². The first-order valence-electron chi connectivity index (χ1n) is 6.92. The fourth-order valence-electron chi connectivity index (χ4n) is 2.84. The maximum absolute atomic E-state index is 11.2. The van der Waals surface area contributed by atoms with Crippen molar-refractivity contribution < 1.29 is 9.90 Å². The smallest absolute Gasteiger partial charge is 0.335 e. The molecule has 0 amide bonds. The van der Waals surface area contributed by atoms with Gasteiger partial charge in [-0.2, -0.15) is 0 Å². The number of carboxylic acid groups (broad SMARTS) is 1. The number of carbonyl (C=O) groups is 1. The zero-order valence-corrected chi connectivity index (χ0v) is 12.8.